The van der Waals surface area contributed by atoms with Crippen LogP contribution in [-0.2, 0) is 4.79 Å². The maximum atomic E-state index is 13.6. The topological polar surface area (TPSA) is 29.1 Å². The molecule has 0 saturated heterocycles. The zero-order valence-corrected chi connectivity index (χ0v) is 13.3. The predicted molar refractivity (Wildman–Crippen MR) is 70.5 cm³/mol. The fourth-order valence-corrected chi connectivity index (χ4v) is 1.82. The molecule has 0 fully saturated rings. The molecule has 1 aromatic carbocycles. The smallest absolute Gasteiger partial charge is 0.321 e. The minimum absolute atomic E-state index is 0.265. The molecular formula is C14H9F12NO. The van der Waals surface area contributed by atoms with Crippen LogP contribution in [0.5, 0.6) is 0 Å². The van der Waals surface area contributed by atoms with Crippen molar-refractivity contribution in [3.05, 3.63) is 29.8 Å². The van der Waals surface area contributed by atoms with Gasteiger partial charge in [-0.15, -0.1) is 0 Å². The number of rotatable bonds is 7. The molecular weight excluding hydrogens is 426 g/mol. The van der Waals surface area contributed by atoms with Crippen molar-refractivity contribution in [2.45, 2.75) is 43.0 Å². The van der Waals surface area contributed by atoms with Crippen LogP contribution in [0.15, 0.2) is 24.3 Å². The molecule has 0 unspecified atom stereocenters. The molecule has 28 heavy (non-hydrogen) atoms. The van der Waals surface area contributed by atoms with Gasteiger partial charge in [0.05, 0.1) is 0 Å². The third-order valence-electron chi connectivity index (χ3n) is 3.44. The van der Waals surface area contributed by atoms with Crippen LogP contribution in [0.25, 0.3) is 0 Å². The van der Waals surface area contributed by atoms with Gasteiger partial charge in [-0.1, -0.05) is 12.1 Å². The van der Waals surface area contributed by atoms with Gasteiger partial charge in [-0.05, 0) is 24.6 Å². The Hall–Kier alpha value is -2.15. The van der Waals surface area contributed by atoms with Gasteiger partial charge >= 0.3 is 41.9 Å². The molecule has 0 aromatic heterocycles. The molecule has 14 heteroatoms. The first kappa shape index (κ1) is 23.9. The monoisotopic (exact) mass is 435 g/mol. The maximum absolute atomic E-state index is 13.6. The standard InChI is InChI=1S/C14H9F12NO/c1-6-3-2-4-7(5-6)27-9(28)11(19,20)13(23,24)14(25,26)12(21,22)10(17,18)8(15)16/h2-5,8H,1H3,(H,27,28). The highest BCUT2D eigenvalue weighted by Gasteiger charge is 2.89. The number of aryl methyl sites for hydroxylation is 1. The van der Waals surface area contributed by atoms with Gasteiger partial charge in [-0.2, -0.15) is 43.9 Å². The lowest BCUT2D eigenvalue weighted by molar-refractivity contribution is -0.406. The van der Waals surface area contributed by atoms with E-state index in [0.29, 0.717) is 0 Å². The molecule has 0 spiro atoms. The van der Waals surface area contributed by atoms with Gasteiger partial charge in [-0.3, -0.25) is 4.79 Å². The lowest BCUT2D eigenvalue weighted by atomic mass is 9.94. The molecule has 1 rings (SSSR count). The quantitative estimate of drug-likeness (QED) is 0.573. The number of amides is 1. The summed E-state index contributed by atoms with van der Waals surface area (Å²) in [6.07, 6.45) is -5.60. The van der Waals surface area contributed by atoms with Crippen LogP contribution in [0.3, 0.4) is 0 Å². The van der Waals surface area contributed by atoms with Crippen LogP contribution in [0.2, 0.25) is 0 Å². The molecule has 1 amide bonds. The first-order chi connectivity index (χ1) is 12.3. The molecule has 0 radical (unpaired) electrons. The number of carbonyl (C=O) groups excluding carboxylic acids is 1. The highest BCUT2D eigenvalue weighted by Crippen LogP contribution is 2.58. The van der Waals surface area contributed by atoms with Crippen molar-refractivity contribution < 1.29 is 57.5 Å². The second-order valence-corrected chi connectivity index (χ2v) is 5.54. The summed E-state index contributed by atoms with van der Waals surface area (Å²) in [6, 6.07) is 4.16. The number of carbonyl (C=O) groups is 1. The number of hydrogen-bond acceptors (Lipinski definition) is 1. The minimum Gasteiger partial charge on any atom is -0.321 e. The number of halogens is 12. The van der Waals surface area contributed by atoms with Crippen LogP contribution in [0.4, 0.5) is 58.4 Å². The van der Waals surface area contributed by atoms with E-state index >= 15 is 0 Å². The molecule has 0 aliphatic rings. The zero-order chi connectivity index (χ0) is 22.3. The fourth-order valence-electron chi connectivity index (χ4n) is 1.82. The highest BCUT2D eigenvalue weighted by atomic mass is 19.4. The van der Waals surface area contributed by atoms with Gasteiger partial charge in [0, 0.05) is 5.69 Å². The van der Waals surface area contributed by atoms with Crippen molar-refractivity contribution >= 4 is 11.6 Å². The summed E-state index contributed by atoms with van der Waals surface area (Å²) >= 11 is 0. The Morgan fingerprint density at radius 2 is 1.36 bits per heavy atom. The van der Waals surface area contributed by atoms with Crippen LogP contribution in [-0.4, -0.2) is 41.9 Å². The van der Waals surface area contributed by atoms with E-state index in [1.807, 2.05) is 0 Å². The van der Waals surface area contributed by atoms with Crippen LogP contribution < -0.4 is 5.32 Å². The average molecular weight is 435 g/mol. The van der Waals surface area contributed by atoms with Crippen molar-refractivity contribution in [2.24, 2.45) is 0 Å². The number of alkyl halides is 12. The van der Waals surface area contributed by atoms with Gasteiger partial charge in [0.1, 0.15) is 0 Å². The molecule has 0 saturated carbocycles. The van der Waals surface area contributed by atoms with Gasteiger partial charge in [-0.25, -0.2) is 8.78 Å². The number of nitrogens with one attached hydrogen (secondary N) is 1. The summed E-state index contributed by atoms with van der Waals surface area (Å²) < 4.78 is 156. The molecule has 160 valence electrons. The van der Waals surface area contributed by atoms with E-state index in [0.717, 1.165) is 23.5 Å². The average Bonchev–Trinajstić information content (AvgIpc) is 2.53. The first-order valence-corrected chi connectivity index (χ1v) is 6.89. The second kappa shape index (κ2) is 7.03. The highest BCUT2D eigenvalue weighted by molar-refractivity contribution is 5.97. The van der Waals surface area contributed by atoms with E-state index in [1.54, 1.807) is 0 Å². The molecule has 1 N–H and O–H groups in total. The van der Waals surface area contributed by atoms with Crippen LogP contribution >= 0.6 is 0 Å². The number of anilines is 1. The van der Waals surface area contributed by atoms with Gasteiger partial charge in [0.2, 0.25) is 0 Å². The molecule has 1 aromatic rings. The summed E-state index contributed by atoms with van der Waals surface area (Å²) in [6.45, 7) is 1.34. The van der Waals surface area contributed by atoms with Crippen LogP contribution in [0, 0.1) is 6.92 Å². The Morgan fingerprint density at radius 1 is 0.857 bits per heavy atom. The van der Waals surface area contributed by atoms with Gasteiger partial charge in [0.25, 0.3) is 0 Å². The Labute approximate surface area is 148 Å². The summed E-state index contributed by atoms with van der Waals surface area (Å²) in [5, 5.41) is 1.03. The molecule has 2 nitrogen and oxygen atoms in total. The lowest BCUT2D eigenvalue weighted by Crippen LogP contribution is -2.70. The van der Waals surface area contributed by atoms with Crippen molar-refractivity contribution in [1.82, 2.24) is 0 Å². The van der Waals surface area contributed by atoms with Crippen molar-refractivity contribution in [3.8, 4) is 0 Å². The van der Waals surface area contributed by atoms with Crippen LogP contribution in [0.1, 0.15) is 5.56 Å². The van der Waals surface area contributed by atoms with Gasteiger partial charge in [0.15, 0.2) is 0 Å². The summed E-state index contributed by atoms with van der Waals surface area (Å²) in [7, 11) is 0. The van der Waals surface area contributed by atoms with Crippen molar-refractivity contribution in [3.63, 3.8) is 0 Å². The van der Waals surface area contributed by atoms with Crippen molar-refractivity contribution in [1.29, 1.82) is 0 Å². The van der Waals surface area contributed by atoms with E-state index in [4.69, 9.17) is 0 Å². The molecule has 0 atom stereocenters. The van der Waals surface area contributed by atoms with Crippen molar-refractivity contribution in [2.75, 3.05) is 5.32 Å². The summed E-state index contributed by atoms with van der Waals surface area (Å²) in [5.41, 5.74) is -0.380. The minimum atomic E-state index is -7.74. The first-order valence-electron chi connectivity index (χ1n) is 6.89. The Kier molecular flexibility index (Phi) is 6.00. The molecule has 0 aliphatic carbocycles. The Bertz CT molecular complexity index is 731. The van der Waals surface area contributed by atoms with E-state index in [-0.39, 0.29) is 5.56 Å². The lowest BCUT2D eigenvalue weighted by Gasteiger charge is -2.38. The predicted octanol–water partition coefficient (Wildman–Crippen LogP) is 5.38. The summed E-state index contributed by atoms with van der Waals surface area (Å²) in [5.74, 6) is -39.9. The SMILES string of the molecule is Cc1cccc(NC(=O)C(F)(F)C(F)(F)C(F)(F)C(F)(F)C(F)(F)C(F)F)c1. The normalized spacial score (nSPS) is 14.4. The molecule has 0 aliphatic heterocycles. The Morgan fingerprint density at radius 3 is 1.79 bits per heavy atom. The fraction of sp³-hybridized carbons (Fsp3) is 0.500. The van der Waals surface area contributed by atoms with E-state index in [1.165, 1.54) is 13.0 Å². The summed E-state index contributed by atoms with van der Waals surface area (Å²) in [4.78, 5) is 11.3. The van der Waals surface area contributed by atoms with E-state index < -0.39 is 47.6 Å². The molecule has 0 heterocycles. The van der Waals surface area contributed by atoms with E-state index in [2.05, 4.69) is 0 Å². The Balaban J connectivity index is 3.34. The maximum Gasteiger partial charge on any atom is 0.393 e. The number of benzene rings is 1. The third kappa shape index (κ3) is 3.48. The third-order valence-corrected chi connectivity index (χ3v) is 3.44. The van der Waals surface area contributed by atoms with Gasteiger partial charge < -0.3 is 5.32 Å². The largest absolute Gasteiger partial charge is 0.393 e. The second-order valence-electron chi connectivity index (χ2n) is 5.54. The molecule has 0 bridgehead atoms. The zero-order valence-electron chi connectivity index (χ0n) is 13.3. The number of hydrogen-bond donors (Lipinski definition) is 1. The van der Waals surface area contributed by atoms with E-state index in [9.17, 15) is 57.5 Å².